The Morgan fingerprint density at radius 3 is 2.12 bits per heavy atom. The molecule has 0 fully saturated rings. The number of aromatic nitrogens is 2. The lowest BCUT2D eigenvalue weighted by atomic mass is 10.1. The van der Waals surface area contributed by atoms with Gasteiger partial charge in [0.05, 0.1) is 17.0 Å². The van der Waals surface area contributed by atoms with Gasteiger partial charge in [0.15, 0.2) is 10.9 Å². The van der Waals surface area contributed by atoms with Crippen LogP contribution in [0.2, 0.25) is 0 Å². The van der Waals surface area contributed by atoms with Crippen LogP contribution in [0.3, 0.4) is 0 Å². The van der Waals surface area contributed by atoms with Crippen molar-refractivity contribution in [2.75, 3.05) is 0 Å². The van der Waals surface area contributed by atoms with E-state index in [-0.39, 0.29) is 18.5 Å². The lowest BCUT2D eigenvalue weighted by molar-refractivity contribution is -0.137. The Hall–Kier alpha value is -1.98. The van der Waals surface area contributed by atoms with Crippen molar-refractivity contribution in [2.45, 2.75) is 114 Å². The largest absolute Gasteiger partial charge is 0.481 e. The predicted octanol–water partition coefficient (Wildman–Crippen LogP) is 5.43. The Morgan fingerprint density at radius 1 is 1.03 bits per heavy atom. The number of rotatable bonds is 17. The number of aryl methyl sites for hydroxylation is 1. The zero-order chi connectivity index (χ0) is 24.6. The predicted molar refractivity (Wildman–Crippen MR) is 132 cm³/mol. The van der Waals surface area contributed by atoms with Gasteiger partial charge < -0.3 is 19.9 Å². The molecule has 3 N–H and O–H groups in total. The number of carboxylic acid groups (broad SMARTS) is 2. The third-order valence-electron chi connectivity index (χ3n) is 5.57. The molecule has 0 aromatic carbocycles. The van der Waals surface area contributed by atoms with Crippen LogP contribution < -0.4 is 0 Å². The highest BCUT2D eigenvalue weighted by Gasteiger charge is 2.24. The molecule has 0 saturated carbocycles. The van der Waals surface area contributed by atoms with Crippen LogP contribution in [-0.4, -0.2) is 48.2 Å². The average Bonchev–Trinajstić information content (AvgIpc) is 3.04. The van der Waals surface area contributed by atoms with Crippen LogP contribution >= 0.6 is 11.8 Å². The molecular formula is C25H40N2O5S. The van der Waals surface area contributed by atoms with Crippen LogP contribution in [0.15, 0.2) is 5.16 Å². The molecule has 0 amide bonds. The second-order valence-electron chi connectivity index (χ2n) is 8.48. The van der Waals surface area contributed by atoms with Crippen LogP contribution in [0, 0.1) is 18.8 Å². The summed E-state index contributed by atoms with van der Waals surface area (Å²) < 4.78 is 1.48. The molecule has 1 rings (SSSR count). The SMILES string of the molecule is CCCCCCCCCCCCC#CC(Sc1nc(C)c(C(=O)O)n1C)C(O)CCC(=O)O. The second-order valence-corrected chi connectivity index (χ2v) is 9.59. The van der Waals surface area contributed by atoms with E-state index in [0.29, 0.717) is 10.9 Å². The second kappa shape index (κ2) is 16.6. The van der Waals surface area contributed by atoms with E-state index in [0.717, 1.165) is 19.3 Å². The van der Waals surface area contributed by atoms with E-state index in [1.54, 1.807) is 14.0 Å². The van der Waals surface area contributed by atoms with Crippen molar-refractivity contribution in [3.05, 3.63) is 11.4 Å². The van der Waals surface area contributed by atoms with Crippen molar-refractivity contribution in [3.8, 4) is 11.8 Å². The Kier molecular flexibility index (Phi) is 14.6. The number of aromatic carboxylic acids is 1. The van der Waals surface area contributed by atoms with E-state index in [1.807, 2.05) is 0 Å². The molecule has 7 nitrogen and oxygen atoms in total. The van der Waals surface area contributed by atoms with E-state index in [1.165, 1.54) is 67.7 Å². The normalized spacial score (nSPS) is 12.7. The number of thioether (sulfide) groups is 1. The third-order valence-corrected chi connectivity index (χ3v) is 6.83. The first kappa shape index (κ1) is 29.1. The summed E-state index contributed by atoms with van der Waals surface area (Å²) in [6.45, 7) is 3.86. The Bertz CT molecular complexity index is 797. The summed E-state index contributed by atoms with van der Waals surface area (Å²) in [5.74, 6) is 4.17. The number of hydrogen-bond donors (Lipinski definition) is 3. The number of carbonyl (C=O) groups is 2. The van der Waals surface area contributed by atoms with Gasteiger partial charge in [-0.3, -0.25) is 4.79 Å². The van der Waals surface area contributed by atoms with Gasteiger partial charge in [0.1, 0.15) is 0 Å². The summed E-state index contributed by atoms with van der Waals surface area (Å²) in [5.41, 5.74) is 0.485. The number of hydrogen-bond acceptors (Lipinski definition) is 5. The Labute approximate surface area is 202 Å². The molecule has 1 heterocycles. The van der Waals surface area contributed by atoms with Crippen LogP contribution in [0.4, 0.5) is 0 Å². The van der Waals surface area contributed by atoms with Crippen molar-refractivity contribution in [3.63, 3.8) is 0 Å². The standard InChI is InChI=1S/C25H40N2O5S/c1-4-5-6-7-8-9-10-11-12-13-14-15-16-21(20(28)17-18-22(29)30)33-25-26-19(2)23(24(31)32)27(25)3/h20-21,28H,4-14,17-18H2,1-3H3,(H,29,30)(H,31,32). The number of nitrogens with zero attached hydrogens (tertiary/aromatic N) is 2. The van der Waals surface area contributed by atoms with E-state index in [4.69, 9.17) is 5.11 Å². The van der Waals surface area contributed by atoms with Crippen molar-refractivity contribution >= 4 is 23.7 Å². The number of carboxylic acids is 2. The minimum Gasteiger partial charge on any atom is -0.481 e. The average molecular weight is 481 g/mol. The van der Waals surface area contributed by atoms with Crippen molar-refractivity contribution in [2.24, 2.45) is 7.05 Å². The molecule has 2 atom stereocenters. The monoisotopic (exact) mass is 480 g/mol. The molecule has 0 aliphatic carbocycles. The quantitative estimate of drug-likeness (QED) is 0.155. The van der Waals surface area contributed by atoms with Crippen molar-refractivity contribution in [1.82, 2.24) is 9.55 Å². The minimum absolute atomic E-state index is 0.0785. The third kappa shape index (κ3) is 11.6. The highest BCUT2D eigenvalue weighted by Crippen LogP contribution is 2.28. The number of unbranched alkanes of at least 4 members (excludes halogenated alkanes) is 10. The van der Waals surface area contributed by atoms with E-state index < -0.39 is 23.3 Å². The molecule has 0 radical (unpaired) electrons. The van der Waals surface area contributed by atoms with Gasteiger partial charge >= 0.3 is 11.9 Å². The van der Waals surface area contributed by atoms with Gasteiger partial charge in [-0.15, -0.1) is 5.92 Å². The summed E-state index contributed by atoms with van der Waals surface area (Å²) in [4.78, 5) is 26.6. The lowest BCUT2D eigenvalue weighted by Crippen LogP contribution is -2.23. The summed E-state index contributed by atoms with van der Waals surface area (Å²) in [7, 11) is 1.61. The van der Waals surface area contributed by atoms with Gasteiger partial charge in [-0.25, -0.2) is 9.78 Å². The maximum Gasteiger partial charge on any atom is 0.354 e. The van der Waals surface area contributed by atoms with E-state index in [9.17, 15) is 19.8 Å². The highest BCUT2D eigenvalue weighted by atomic mass is 32.2. The molecule has 33 heavy (non-hydrogen) atoms. The summed E-state index contributed by atoms with van der Waals surface area (Å²) in [6, 6.07) is 0. The fourth-order valence-corrected chi connectivity index (χ4v) is 4.73. The van der Waals surface area contributed by atoms with Crippen LogP contribution in [0.1, 0.15) is 107 Å². The maximum absolute atomic E-state index is 11.4. The molecule has 1 aromatic rings. The van der Waals surface area contributed by atoms with Crippen molar-refractivity contribution in [1.29, 1.82) is 0 Å². The molecule has 0 saturated heterocycles. The summed E-state index contributed by atoms with van der Waals surface area (Å²) in [6.07, 6.45) is 12.2. The first-order valence-corrected chi connectivity index (χ1v) is 13.0. The van der Waals surface area contributed by atoms with Crippen LogP contribution in [-0.2, 0) is 11.8 Å². The zero-order valence-electron chi connectivity index (χ0n) is 20.3. The zero-order valence-corrected chi connectivity index (χ0v) is 21.1. The molecule has 186 valence electrons. The smallest absolute Gasteiger partial charge is 0.354 e. The number of aliphatic hydroxyl groups is 1. The van der Waals surface area contributed by atoms with Gasteiger partial charge in [0, 0.05) is 19.9 Å². The molecule has 0 spiro atoms. The van der Waals surface area contributed by atoms with E-state index in [2.05, 4.69) is 23.7 Å². The topological polar surface area (TPSA) is 113 Å². The first-order valence-electron chi connectivity index (χ1n) is 12.1. The molecule has 0 aliphatic rings. The van der Waals surface area contributed by atoms with Crippen LogP contribution in [0.5, 0.6) is 0 Å². The molecule has 2 unspecified atom stereocenters. The Balaban J connectivity index is 2.57. The fourth-order valence-electron chi connectivity index (χ4n) is 3.63. The van der Waals surface area contributed by atoms with Gasteiger partial charge in [0.2, 0.25) is 0 Å². The van der Waals surface area contributed by atoms with Gasteiger partial charge in [0.25, 0.3) is 0 Å². The first-order chi connectivity index (χ1) is 15.8. The molecular weight excluding hydrogens is 440 g/mol. The summed E-state index contributed by atoms with van der Waals surface area (Å²) in [5, 5.41) is 28.7. The van der Waals surface area contributed by atoms with Gasteiger partial charge in [-0.2, -0.15) is 0 Å². The lowest BCUT2D eigenvalue weighted by Gasteiger charge is -2.16. The summed E-state index contributed by atoms with van der Waals surface area (Å²) >= 11 is 1.18. The minimum atomic E-state index is -1.07. The molecule has 1 aromatic heterocycles. The van der Waals surface area contributed by atoms with Crippen molar-refractivity contribution < 1.29 is 24.9 Å². The maximum atomic E-state index is 11.4. The Morgan fingerprint density at radius 2 is 1.61 bits per heavy atom. The molecule has 0 bridgehead atoms. The fraction of sp³-hybridized carbons (Fsp3) is 0.720. The van der Waals surface area contributed by atoms with Gasteiger partial charge in [-0.1, -0.05) is 82.4 Å². The highest BCUT2D eigenvalue weighted by molar-refractivity contribution is 8.00. The number of aliphatic hydroxyl groups excluding tert-OH is 1. The molecule has 8 heteroatoms. The van der Waals surface area contributed by atoms with E-state index >= 15 is 0 Å². The van der Waals surface area contributed by atoms with Crippen LogP contribution in [0.25, 0.3) is 0 Å². The number of aliphatic carboxylic acids is 1. The number of imidazole rings is 1. The van der Waals surface area contributed by atoms with Gasteiger partial charge in [-0.05, 0) is 19.8 Å². The molecule has 0 aliphatic heterocycles.